The maximum Gasteiger partial charge on any atom is 0.172 e. The average Bonchev–Trinajstić information content (AvgIpc) is 2.49. The summed E-state index contributed by atoms with van der Waals surface area (Å²) in [5.74, 6) is 2.14. The van der Waals surface area contributed by atoms with E-state index in [2.05, 4.69) is 51.1 Å². The summed E-state index contributed by atoms with van der Waals surface area (Å²) < 4.78 is 0. The molecule has 0 atom stereocenters. The van der Waals surface area contributed by atoms with E-state index < -0.39 is 0 Å². The van der Waals surface area contributed by atoms with Crippen LogP contribution >= 0.6 is 11.8 Å². The summed E-state index contributed by atoms with van der Waals surface area (Å²) in [4.78, 5) is 12.2. The zero-order chi connectivity index (χ0) is 15.2. The van der Waals surface area contributed by atoms with Crippen LogP contribution in [0, 0.1) is 6.92 Å². The van der Waals surface area contributed by atoms with Crippen LogP contribution in [0.15, 0.2) is 48.5 Å². The molecule has 0 saturated carbocycles. The second-order valence-corrected chi connectivity index (χ2v) is 6.60. The molecule has 2 rings (SSSR count). The molecule has 0 amide bonds. The molecule has 1 nitrogen and oxygen atoms in total. The predicted molar refractivity (Wildman–Crippen MR) is 92.2 cm³/mol. The lowest BCUT2D eigenvalue weighted by atomic mass is 10.0. The van der Waals surface area contributed by atoms with Gasteiger partial charge in [0.05, 0.1) is 5.75 Å². The maximum atomic E-state index is 12.2. The molecule has 0 aliphatic carbocycles. The minimum absolute atomic E-state index is 0.212. The highest BCUT2D eigenvalue weighted by atomic mass is 32.2. The molecule has 21 heavy (non-hydrogen) atoms. The zero-order valence-electron chi connectivity index (χ0n) is 12.9. The molecule has 0 N–H and O–H groups in total. The highest BCUT2D eigenvalue weighted by molar-refractivity contribution is 7.99. The van der Waals surface area contributed by atoms with Crippen LogP contribution in [0.3, 0.4) is 0 Å². The van der Waals surface area contributed by atoms with Crippen molar-refractivity contribution < 1.29 is 4.79 Å². The molecule has 0 radical (unpaired) electrons. The molecule has 0 aliphatic rings. The van der Waals surface area contributed by atoms with E-state index in [1.165, 1.54) is 16.7 Å². The summed E-state index contributed by atoms with van der Waals surface area (Å²) in [5, 5.41) is 0. The number of benzene rings is 2. The fourth-order valence-corrected chi connectivity index (χ4v) is 3.16. The molecule has 0 fully saturated rings. The van der Waals surface area contributed by atoms with Gasteiger partial charge < -0.3 is 0 Å². The number of Topliss-reactive ketones (excluding diaryl/α,β-unsaturated/α-hetero) is 1. The number of hydrogen-bond donors (Lipinski definition) is 0. The fraction of sp³-hybridized carbons (Fsp3) is 0.316. The molecule has 0 aromatic heterocycles. The zero-order valence-corrected chi connectivity index (χ0v) is 13.7. The minimum Gasteiger partial charge on any atom is -0.293 e. The Labute approximate surface area is 131 Å². The molecule has 0 spiro atoms. The molecule has 110 valence electrons. The third-order valence-electron chi connectivity index (χ3n) is 3.65. The Balaban J connectivity index is 1.88. The molecule has 0 unspecified atom stereocenters. The van der Waals surface area contributed by atoms with Crippen molar-refractivity contribution in [2.75, 3.05) is 5.75 Å². The number of ketones is 1. The van der Waals surface area contributed by atoms with Gasteiger partial charge in [-0.2, -0.15) is 0 Å². The van der Waals surface area contributed by atoms with E-state index >= 15 is 0 Å². The first-order chi connectivity index (χ1) is 10.1. The monoisotopic (exact) mass is 298 g/mol. The van der Waals surface area contributed by atoms with Crippen LogP contribution < -0.4 is 0 Å². The summed E-state index contributed by atoms with van der Waals surface area (Å²) >= 11 is 1.68. The van der Waals surface area contributed by atoms with Gasteiger partial charge in [-0.25, -0.2) is 0 Å². The Morgan fingerprint density at radius 2 is 1.71 bits per heavy atom. The molecule has 2 aromatic rings. The van der Waals surface area contributed by atoms with Gasteiger partial charge in [0.15, 0.2) is 5.78 Å². The van der Waals surface area contributed by atoms with Crippen LogP contribution in [-0.2, 0) is 5.75 Å². The predicted octanol–water partition coefficient (Wildman–Crippen LogP) is 5.23. The van der Waals surface area contributed by atoms with Crippen LogP contribution in [0.1, 0.15) is 46.8 Å². The number of carbonyl (C=O) groups is 1. The van der Waals surface area contributed by atoms with Crippen molar-refractivity contribution in [2.45, 2.75) is 32.4 Å². The number of hydrogen-bond acceptors (Lipinski definition) is 2. The second kappa shape index (κ2) is 7.46. The van der Waals surface area contributed by atoms with Gasteiger partial charge in [0.2, 0.25) is 0 Å². The van der Waals surface area contributed by atoms with Crippen molar-refractivity contribution in [1.82, 2.24) is 0 Å². The maximum absolute atomic E-state index is 12.2. The van der Waals surface area contributed by atoms with Crippen molar-refractivity contribution >= 4 is 17.5 Å². The minimum atomic E-state index is 0.212. The van der Waals surface area contributed by atoms with E-state index in [0.29, 0.717) is 11.7 Å². The van der Waals surface area contributed by atoms with E-state index in [1.54, 1.807) is 11.8 Å². The van der Waals surface area contributed by atoms with Crippen LogP contribution in [0.4, 0.5) is 0 Å². The van der Waals surface area contributed by atoms with Gasteiger partial charge in [0.25, 0.3) is 0 Å². The van der Waals surface area contributed by atoms with Crippen molar-refractivity contribution in [3.8, 4) is 0 Å². The number of rotatable bonds is 6. The van der Waals surface area contributed by atoms with E-state index in [1.807, 2.05) is 18.2 Å². The van der Waals surface area contributed by atoms with Gasteiger partial charge in [0.1, 0.15) is 0 Å². The summed E-state index contributed by atoms with van der Waals surface area (Å²) in [7, 11) is 0. The molecule has 0 saturated heterocycles. The first-order valence-corrected chi connectivity index (χ1v) is 8.49. The molecule has 0 heterocycles. The molecule has 0 aliphatic heterocycles. The van der Waals surface area contributed by atoms with Gasteiger partial charge in [-0.3, -0.25) is 4.79 Å². The van der Waals surface area contributed by atoms with E-state index in [0.717, 1.165) is 11.3 Å². The van der Waals surface area contributed by atoms with Crippen LogP contribution in [0.25, 0.3) is 0 Å². The number of carbonyl (C=O) groups excluding carboxylic acids is 1. The molecule has 2 heteroatoms. The topological polar surface area (TPSA) is 17.1 Å². The van der Waals surface area contributed by atoms with Gasteiger partial charge >= 0.3 is 0 Å². The lowest BCUT2D eigenvalue weighted by Crippen LogP contribution is -2.03. The van der Waals surface area contributed by atoms with Gasteiger partial charge in [-0.1, -0.05) is 62.4 Å². The van der Waals surface area contributed by atoms with Crippen molar-refractivity contribution in [3.63, 3.8) is 0 Å². The van der Waals surface area contributed by atoms with Crippen LogP contribution in [0.2, 0.25) is 0 Å². The standard InChI is InChI=1S/C19H22OS/c1-14(2)16-8-10-17(11-9-16)19(20)13-21-12-18-7-5-4-6-15(18)3/h4-11,14H,12-13H2,1-3H3. The van der Waals surface area contributed by atoms with Crippen molar-refractivity contribution in [1.29, 1.82) is 0 Å². The highest BCUT2D eigenvalue weighted by Crippen LogP contribution is 2.19. The molecular formula is C19H22OS. The fourth-order valence-electron chi connectivity index (χ4n) is 2.16. The summed E-state index contributed by atoms with van der Waals surface area (Å²) in [6, 6.07) is 16.4. The van der Waals surface area contributed by atoms with Gasteiger partial charge in [-0.05, 0) is 29.5 Å². The lowest BCUT2D eigenvalue weighted by Gasteiger charge is -2.07. The van der Waals surface area contributed by atoms with Gasteiger partial charge in [-0.15, -0.1) is 11.8 Å². The third kappa shape index (κ3) is 4.47. The highest BCUT2D eigenvalue weighted by Gasteiger charge is 2.07. The van der Waals surface area contributed by atoms with Crippen LogP contribution in [-0.4, -0.2) is 11.5 Å². The van der Waals surface area contributed by atoms with Crippen molar-refractivity contribution in [2.24, 2.45) is 0 Å². The summed E-state index contributed by atoms with van der Waals surface area (Å²) in [5.41, 5.74) is 4.69. The molecule has 0 bridgehead atoms. The summed E-state index contributed by atoms with van der Waals surface area (Å²) in [6.07, 6.45) is 0. The Morgan fingerprint density at radius 3 is 2.33 bits per heavy atom. The largest absolute Gasteiger partial charge is 0.293 e. The van der Waals surface area contributed by atoms with Crippen molar-refractivity contribution in [3.05, 3.63) is 70.8 Å². The smallest absolute Gasteiger partial charge is 0.172 e. The van der Waals surface area contributed by atoms with E-state index in [4.69, 9.17) is 0 Å². The Kier molecular flexibility index (Phi) is 5.63. The quantitative estimate of drug-likeness (QED) is 0.679. The normalized spacial score (nSPS) is 10.9. The lowest BCUT2D eigenvalue weighted by molar-refractivity contribution is 0.102. The Bertz CT molecular complexity index is 599. The third-order valence-corrected chi connectivity index (χ3v) is 4.63. The van der Waals surface area contributed by atoms with E-state index in [-0.39, 0.29) is 5.78 Å². The van der Waals surface area contributed by atoms with Crippen LogP contribution in [0.5, 0.6) is 0 Å². The Morgan fingerprint density at radius 1 is 1.05 bits per heavy atom. The van der Waals surface area contributed by atoms with E-state index in [9.17, 15) is 4.79 Å². The SMILES string of the molecule is Cc1ccccc1CSCC(=O)c1ccc(C(C)C)cc1. The Hall–Kier alpha value is -1.54. The first kappa shape index (κ1) is 15.8. The first-order valence-electron chi connectivity index (χ1n) is 7.33. The molecule has 2 aromatic carbocycles. The molecular weight excluding hydrogens is 276 g/mol. The average molecular weight is 298 g/mol. The summed E-state index contributed by atoms with van der Waals surface area (Å²) in [6.45, 7) is 6.44. The number of thioether (sulfide) groups is 1. The number of aryl methyl sites for hydroxylation is 1. The second-order valence-electron chi connectivity index (χ2n) is 5.62. The van der Waals surface area contributed by atoms with Gasteiger partial charge in [0, 0.05) is 11.3 Å².